The molecule has 3 heteroatoms. The van der Waals surface area contributed by atoms with Gasteiger partial charge in [-0.1, -0.05) is 32.6 Å². The lowest BCUT2D eigenvalue weighted by molar-refractivity contribution is 0.155. The van der Waals surface area contributed by atoms with Crippen molar-refractivity contribution in [2.45, 2.75) is 39.0 Å². The first-order valence-corrected chi connectivity index (χ1v) is 4.62. The Labute approximate surface area is 74.4 Å². The van der Waals surface area contributed by atoms with Crippen LogP contribution in [0.4, 0.5) is 4.79 Å². The van der Waals surface area contributed by atoms with Gasteiger partial charge in [0.2, 0.25) is 0 Å². The molecule has 0 rings (SSSR count). The first-order chi connectivity index (χ1) is 5.68. The third-order valence-corrected chi connectivity index (χ3v) is 1.92. The highest BCUT2D eigenvalue weighted by molar-refractivity contribution is 5.64. The van der Waals surface area contributed by atoms with Crippen LogP contribution in [0.15, 0.2) is 0 Å². The van der Waals surface area contributed by atoms with Crippen molar-refractivity contribution in [3.63, 3.8) is 0 Å². The second kappa shape index (κ2) is 6.95. The normalized spacial score (nSPS) is 9.83. The number of rotatable bonds is 6. The summed E-state index contributed by atoms with van der Waals surface area (Å²) in [6, 6.07) is 0. The highest BCUT2D eigenvalue weighted by Gasteiger charge is 2.02. The average molecular weight is 173 g/mol. The third kappa shape index (κ3) is 6.01. The minimum atomic E-state index is -0.828. The van der Waals surface area contributed by atoms with Crippen LogP contribution in [-0.2, 0) is 0 Å². The van der Waals surface area contributed by atoms with E-state index in [-0.39, 0.29) is 0 Å². The smallest absolute Gasteiger partial charge is 0.407 e. The molecule has 0 aliphatic carbocycles. The molecule has 0 heterocycles. The molecular weight excluding hydrogens is 154 g/mol. The summed E-state index contributed by atoms with van der Waals surface area (Å²) in [4.78, 5) is 11.7. The van der Waals surface area contributed by atoms with E-state index in [4.69, 9.17) is 5.11 Å². The second-order valence-electron chi connectivity index (χ2n) is 3.12. The Morgan fingerprint density at radius 2 is 1.83 bits per heavy atom. The van der Waals surface area contributed by atoms with Gasteiger partial charge in [-0.05, 0) is 6.42 Å². The predicted molar refractivity (Wildman–Crippen MR) is 49.4 cm³/mol. The monoisotopic (exact) mass is 173 g/mol. The Bertz CT molecular complexity index is 126. The summed E-state index contributed by atoms with van der Waals surface area (Å²) in [6.07, 6.45) is 5.02. The molecule has 0 radical (unpaired) electrons. The molecule has 0 atom stereocenters. The second-order valence-corrected chi connectivity index (χ2v) is 3.12. The molecule has 0 aromatic heterocycles. The molecule has 0 aromatic carbocycles. The van der Waals surface area contributed by atoms with Crippen molar-refractivity contribution in [3.8, 4) is 0 Å². The van der Waals surface area contributed by atoms with Crippen LogP contribution in [0, 0.1) is 0 Å². The van der Waals surface area contributed by atoms with Crippen LogP contribution in [0.25, 0.3) is 0 Å². The van der Waals surface area contributed by atoms with E-state index in [0.717, 1.165) is 12.8 Å². The zero-order chi connectivity index (χ0) is 9.40. The molecule has 0 bridgehead atoms. The fourth-order valence-electron chi connectivity index (χ4n) is 1.05. The average Bonchev–Trinajstić information content (AvgIpc) is 2.03. The zero-order valence-electron chi connectivity index (χ0n) is 8.05. The van der Waals surface area contributed by atoms with Gasteiger partial charge in [-0.3, -0.25) is 0 Å². The van der Waals surface area contributed by atoms with E-state index in [9.17, 15) is 4.79 Å². The molecule has 0 aromatic rings. The highest BCUT2D eigenvalue weighted by atomic mass is 16.4. The first-order valence-electron chi connectivity index (χ1n) is 4.62. The number of carboxylic acid groups (broad SMARTS) is 1. The summed E-state index contributed by atoms with van der Waals surface area (Å²) in [5, 5.41) is 8.51. The molecule has 12 heavy (non-hydrogen) atoms. The van der Waals surface area contributed by atoms with Crippen molar-refractivity contribution in [1.29, 1.82) is 0 Å². The minimum absolute atomic E-state index is 0.666. The molecule has 1 amide bonds. The van der Waals surface area contributed by atoms with Gasteiger partial charge in [0.05, 0.1) is 0 Å². The van der Waals surface area contributed by atoms with Gasteiger partial charge in [-0.25, -0.2) is 4.79 Å². The molecule has 0 spiro atoms. The van der Waals surface area contributed by atoms with E-state index in [0.29, 0.717) is 6.54 Å². The lowest BCUT2D eigenvalue weighted by Crippen LogP contribution is -2.25. The van der Waals surface area contributed by atoms with E-state index in [2.05, 4.69) is 6.92 Å². The van der Waals surface area contributed by atoms with E-state index >= 15 is 0 Å². The maximum absolute atomic E-state index is 10.3. The van der Waals surface area contributed by atoms with Crippen LogP contribution in [-0.4, -0.2) is 29.7 Å². The fourth-order valence-corrected chi connectivity index (χ4v) is 1.05. The summed E-state index contributed by atoms with van der Waals surface area (Å²) in [5.74, 6) is 0. The maximum atomic E-state index is 10.3. The summed E-state index contributed by atoms with van der Waals surface area (Å²) in [6.45, 7) is 2.84. The molecule has 0 unspecified atom stereocenters. The molecule has 0 aliphatic rings. The predicted octanol–water partition coefficient (Wildman–Crippen LogP) is 2.57. The SMILES string of the molecule is CCCCCCCN(C)C(=O)O. The lowest BCUT2D eigenvalue weighted by atomic mass is 10.1. The molecule has 0 saturated heterocycles. The Kier molecular flexibility index (Phi) is 6.53. The lowest BCUT2D eigenvalue weighted by Gasteiger charge is -2.11. The van der Waals surface area contributed by atoms with Crippen LogP contribution in [0.1, 0.15) is 39.0 Å². The Morgan fingerprint density at radius 3 is 2.33 bits per heavy atom. The first kappa shape index (κ1) is 11.3. The van der Waals surface area contributed by atoms with Gasteiger partial charge in [0.25, 0.3) is 0 Å². The van der Waals surface area contributed by atoms with Gasteiger partial charge >= 0.3 is 6.09 Å². The quantitative estimate of drug-likeness (QED) is 0.627. The van der Waals surface area contributed by atoms with Crippen LogP contribution < -0.4 is 0 Å². The number of nitrogens with zero attached hydrogens (tertiary/aromatic N) is 1. The molecule has 72 valence electrons. The van der Waals surface area contributed by atoms with Crippen LogP contribution in [0.2, 0.25) is 0 Å². The number of unbranched alkanes of at least 4 members (excludes halogenated alkanes) is 4. The van der Waals surface area contributed by atoms with Gasteiger partial charge in [-0.2, -0.15) is 0 Å². The van der Waals surface area contributed by atoms with Gasteiger partial charge in [0.15, 0.2) is 0 Å². The van der Waals surface area contributed by atoms with E-state index in [1.54, 1.807) is 7.05 Å². The van der Waals surface area contributed by atoms with Crippen molar-refractivity contribution in [3.05, 3.63) is 0 Å². The largest absolute Gasteiger partial charge is 0.465 e. The summed E-state index contributed by atoms with van der Waals surface area (Å²) < 4.78 is 0. The Hall–Kier alpha value is -0.730. The Morgan fingerprint density at radius 1 is 1.25 bits per heavy atom. The minimum Gasteiger partial charge on any atom is -0.465 e. The summed E-state index contributed by atoms with van der Waals surface area (Å²) in [7, 11) is 1.61. The number of hydrogen-bond donors (Lipinski definition) is 1. The number of hydrogen-bond acceptors (Lipinski definition) is 1. The van der Waals surface area contributed by atoms with Crippen molar-refractivity contribution in [1.82, 2.24) is 4.90 Å². The molecule has 1 N–H and O–H groups in total. The number of amides is 1. The zero-order valence-corrected chi connectivity index (χ0v) is 8.05. The topological polar surface area (TPSA) is 40.5 Å². The summed E-state index contributed by atoms with van der Waals surface area (Å²) >= 11 is 0. The maximum Gasteiger partial charge on any atom is 0.407 e. The van der Waals surface area contributed by atoms with Gasteiger partial charge < -0.3 is 10.0 Å². The van der Waals surface area contributed by atoms with Crippen molar-refractivity contribution in [2.24, 2.45) is 0 Å². The summed E-state index contributed by atoms with van der Waals surface area (Å²) in [5.41, 5.74) is 0. The Balaban J connectivity index is 3.14. The van der Waals surface area contributed by atoms with E-state index in [1.807, 2.05) is 0 Å². The van der Waals surface area contributed by atoms with Crippen molar-refractivity contribution >= 4 is 6.09 Å². The molecule has 0 aliphatic heterocycles. The third-order valence-electron chi connectivity index (χ3n) is 1.92. The molecule has 0 saturated carbocycles. The number of carbonyl (C=O) groups is 1. The fraction of sp³-hybridized carbons (Fsp3) is 0.889. The van der Waals surface area contributed by atoms with Crippen molar-refractivity contribution < 1.29 is 9.90 Å². The standard InChI is InChI=1S/C9H19NO2/c1-3-4-5-6-7-8-10(2)9(11)12/h3-8H2,1-2H3,(H,11,12). The van der Waals surface area contributed by atoms with Gasteiger partial charge in [0.1, 0.15) is 0 Å². The molecule has 0 fully saturated rings. The highest BCUT2D eigenvalue weighted by Crippen LogP contribution is 2.02. The van der Waals surface area contributed by atoms with E-state index in [1.165, 1.54) is 24.2 Å². The van der Waals surface area contributed by atoms with Crippen LogP contribution in [0.3, 0.4) is 0 Å². The van der Waals surface area contributed by atoms with E-state index < -0.39 is 6.09 Å². The van der Waals surface area contributed by atoms with Gasteiger partial charge in [0, 0.05) is 13.6 Å². The van der Waals surface area contributed by atoms with Gasteiger partial charge in [-0.15, -0.1) is 0 Å². The molecular formula is C9H19NO2. The van der Waals surface area contributed by atoms with Crippen LogP contribution in [0.5, 0.6) is 0 Å². The van der Waals surface area contributed by atoms with Crippen LogP contribution >= 0.6 is 0 Å². The van der Waals surface area contributed by atoms with Crippen molar-refractivity contribution in [2.75, 3.05) is 13.6 Å². The molecule has 3 nitrogen and oxygen atoms in total.